The molecule has 0 aromatic heterocycles. The average Bonchev–Trinajstić information content (AvgIpc) is 3.31. The van der Waals surface area contributed by atoms with Gasteiger partial charge in [-0.1, -0.05) is 111 Å². The van der Waals surface area contributed by atoms with Gasteiger partial charge in [-0.05, 0) is 139 Å². The third-order valence-corrected chi connectivity index (χ3v) is 11.7. The van der Waals surface area contributed by atoms with Crippen LogP contribution in [0.3, 0.4) is 0 Å². The van der Waals surface area contributed by atoms with Crippen LogP contribution in [-0.2, 0) is 54.6 Å². The highest BCUT2D eigenvalue weighted by molar-refractivity contribution is 5.99. The van der Waals surface area contributed by atoms with Crippen LogP contribution in [0.5, 0.6) is 0 Å². The molecule has 4 aromatic carbocycles. The molecule has 2 saturated carbocycles. The number of aliphatic hydroxyl groups is 1. The Morgan fingerprint density at radius 2 is 1.08 bits per heavy atom. The van der Waals surface area contributed by atoms with Crippen molar-refractivity contribution in [3.8, 4) is 0 Å². The number of oxime groups is 2. The Balaban J connectivity index is 0.000000247. The predicted molar refractivity (Wildman–Crippen MR) is 231 cm³/mol. The van der Waals surface area contributed by atoms with Crippen LogP contribution in [0.4, 0.5) is 26.3 Å². The highest BCUT2D eigenvalue weighted by Gasteiger charge is 2.37. The zero-order valence-corrected chi connectivity index (χ0v) is 35.7. The Hall–Kier alpha value is -4.97. The van der Waals surface area contributed by atoms with Gasteiger partial charge in [0.25, 0.3) is 0 Å². The number of rotatable bonds is 14. The van der Waals surface area contributed by atoms with E-state index < -0.39 is 36.6 Å². The van der Waals surface area contributed by atoms with E-state index in [1.165, 1.54) is 24.3 Å². The van der Waals surface area contributed by atoms with Gasteiger partial charge in [0.15, 0.2) is 0 Å². The second kappa shape index (κ2) is 22.4. The quantitative estimate of drug-likeness (QED) is 0.0592. The first-order chi connectivity index (χ1) is 31.1. The molecule has 12 heteroatoms. The van der Waals surface area contributed by atoms with Gasteiger partial charge in [-0.15, -0.1) is 0 Å². The molecule has 0 amide bonds. The van der Waals surface area contributed by atoms with Crippen molar-refractivity contribution in [2.75, 3.05) is 0 Å². The van der Waals surface area contributed by atoms with Gasteiger partial charge in [-0.25, -0.2) is 0 Å². The number of hydrogen-bond acceptors (Lipinski definition) is 6. The zero-order valence-electron chi connectivity index (χ0n) is 39.7. The predicted octanol–water partition coefficient (Wildman–Crippen LogP) is 13.8. The standard InChI is InChI=1S/C25H30F3NO2.C25H28F3NO2/c2*1-3-19-14-21(10-11-22(19)15-30)17(2)29-31-16-18-9-12-23(20-7-5-4-6-8-20)24(13-18)25(26,27)28/h9-14,20,30H,3-8,15-16H2,1-2H3;9-15,20H,3-8,16H2,1-2H3/b2*29-17+/i2*16D2. The van der Waals surface area contributed by atoms with Gasteiger partial charge in [0.05, 0.1) is 34.6 Å². The lowest BCUT2D eigenvalue weighted by atomic mass is 9.81. The van der Waals surface area contributed by atoms with Crippen molar-refractivity contribution in [3.63, 3.8) is 0 Å². The first-order valence-electron chi connectivity index (χ1n) is 23.3. The van der Waals surface area contributed by atoms with Crippen molar-refractivity contribution in [1.82, 2.24) is 0 Å². The molecule has 1 N–H and O–H groups in total. The Bertz CT molecular complexity index is 2350. The summed E-state index contributed by atoms with van der Waals surface area (Å²) in [5.74, 6) is -0.329. The normalized spacial score (nSPS) is 17.2. The van der Waals surface area contributed by atoms with Gasteiger partial charge in [0, 0.05) is 5.56 Å². The fraction of sp³-hybridized carbons (Fsp3) is 0.460. The van der Waals surface area contributed by atoms with E-state index in [0.717, 1.165) is 73.6 Å². The van der Waals surface area contributed by atoms with Crippen LogP contribution < -0.4 is 0 Å². The fourth-order valence-corrected chi connectivity index (χ4v) is 8.25. The molecule has 2 aliphatic rings. The molecule has 0 aliphatic heterocycles. The lowest BCUT2D eigenvalue weighted by Crippen LogP contribution is -2.15. The summed E-state index contributed by atoms with van der Waals surface area (Å²) in [7, 11) is 0. The van der Waals surface area contributed by atoms with E-state index in [9.17, 15) is 36.2 Å². The summed E-state index contributed by atoms with van der Waals surface area (Å²) >= 11 is 0. The van der Waals surface area contributed by atoms with Crippen LogP contribution >= 0.6 is 0 Å². The summed E-state index contributed by atoms with van der Waals surface area (Å²) in [5.41, 5.74) is 3.53. The number of carbonyl (C=O) groups is 1. The van der Waals surface area contributed by atoms with E-state index in [1.54, 1.807) is 44.2 Å². The van der Waals surface area contributed by atoms with Crippen LogP contribution in [0.2, 0.25) is 0 Å². The van der Waals surface area contributed by atoms with Gasteiger partial charge < -0.3 is 14.8 Å². The van der Waals surface area contributed by atoms with Crippen LogP contribution in [-0.4, -0.2) is 22.8 Å². The van der Waals surface area contributed by atoms with Gasteiger partial charge in [0.1, 0.15) is 19.4 Å². The molecule has 0 saturated heterocycles. The number of carbonyl (C=O) groups excluding carboxylic acids is 1. The van der Waals surface area contributed by atoms with Crippen molar-refractivity contribution in [1.29, 1.82) is 0 Å². The molecule has 0 bridgehead atoms. The van der Waals surface area contributed by atoms with Crippen molar-refractivity contribution in [3.05, 3.63) is 140 Å². The third-order valence-electron chi connectivity index (χ3n) is 11.7. The first kappa shape index (κ1) is 42.3. The number of aldehydes is 1. The summed E-state index contributed by atoms with van der Waals surface area (Å²) < 4.78 is 116. The average molecular weight is 869 g/mol. The van der Waals surface area contributed by atoms with E-state index in [-0.39, 0.29) is 40.7 Å². The van der Waals surface area contributed by atoms with E-state index in [2.05, 4.69) is 10.3 Å². The second-order valence-electron chi connectivity index (χ2n) is 15.9. The molecule has 0 unspecified atom stereocenters. The minimum absolute atomic E-state index is 0.0862. The van der Waals surface area contributed by atoms with Crippen molar-refractivity contribution in [2.45, 2.75) is 149 Å². The molecule has 6 nitrogen and oxygen atoms in total. The molecule has 0 heterocycles. The Morgan fingerprint density at radius 1 is 0.645 bits per heavy atom. The molecule has 334 valence electrons. The summed E-state index contributed by atoms with van der Waals surface area (Å²) in [6.45, 7) is 1.93. The lowest BCUT2D eigenvalue weighted by Gasteiger charge is -2.25. The molecule has 2 aliphatic carbocycles. The van der Waals surface area contributed by atoms with Crippen LogP contribution in [0.15, 0.2) is 83.1 Å². The molecule has 0 spiro atoms. The number of hydrogen-bond donors (Lipinski definition) is 1. The van der Waals surface area contributed by atoms with Crippen LogP contribution in [0.1, 0.15) is 181 Å². The SMILES string of the molecule is [2H]C([2H])(O/N=C(\C)c1ccc(C=O)c(CC)c1)c1ccc(C2CCCCC2)c(C(F)(F)F)c1.[2H]C([2H])(O/N=C(\C)c1ccc(CO)c(CC)c1)c1ccc(C2CCCCC2)c(C(F)(F)F)c1. The van der Waals surface area contributed by atoms with Gasteiger partial charge in [0.2, 0.25) is 0 Å². The van der Waals surface area contributed by atoms with Crippen LogP contribution in [0.25, 0.3) is 0 Å². The van der Waals surface area contributed by atoms with Crippen LogP contribution in [0, 0.1) is 0 Å². The number of benzene rings is 4. The van der Waals surface area contributed by atoms with Crippen molar-refractivity contribution >= 4 is 17.7 Å². The van der Waals surface area contributed by atoms with Gasteiger partial charge in [-0.2, -0.15) is 26.3 Å². The number of nitrogens with zero attached hydrogens (tertiary/aromatic N) is 2. The number of alkyl halides is 6. The highest BCUT2D eigenvalue weighted by atomic mass is 19.4. The smallest absolute Gasteiger partial charge is 0.392 e. The number of halogens is 6. The minimum atomic E-state index is -4.59. The van der Waals surface area contributed by atoms with E-state index >= 15 is 0 Å². The summed E-state index contributed by atoms with van der Waals surface area (Å²) in [5, 5.41) is 17.1. The van der Waals surface area contributed by atoms with Gasteiger partial charge in [-0.3, -0.25) is 4.79 Å². The molecule has 6 rings (SSSR count). The topological polar surface area (TPSA) is 80.5 Å². The summed E-state index contributed by atoms with van der Waals surface area (Å²) in [6, 6.07) is 17.6. The van der Waals surface area contributed by atoms with E-state index in [0.29, 0.717) is 66.6 Å². The summed E-state index contributed by atoms with van der Waals surface area (Å²) in [6.07, 6.45) is 1.43. The third kappa shape index (κ3) is 13.0. The Labute approximate surface area is 367 Å². The fourth-order valence-electron chi connectivity index (χ4n) is 8.25. The summed E-state index contributed by atoms with van der Waals surface area (Å²) in [4.78, 5) is 21.3. The zero-order chi connectivity index (χ0) is 48.5. The van der Waals surface area contributed by atoms with Gasteiger partial charge >= 0.3 is 12.4 Å². The molecular weight excluding hydrogens is 807 g/mol. The minimum Gasteiger partial charge on any atom is -0.392 e. The number of aliphatic hydroxyl groups excluding tert-OH is 1. The molecular formula is C50H58F6N2O4. The maximum atomic E-state index is 13.8. The lowest BCUT2D eigenvalue weighted by molar-refractivity contribution is -0.139. The molecule has 0 radical (unpaired) electrons. The maximum Gasteiger partial charge on any atom is 0.416 e. The monoisotopic (exact) mass is 868 g/mol. The highest BCUT2D eigenvalue weighted by Crippen LogP contribution is 2.42. The number of aryl methyl sites for hydroxylation is 2. The molecule has 0 atom stereocenters. The molecule has 2 fully saturated rings. The van der Waals surface area contributed by atoms with E-state index in [4.69, 9.17) is 15.2 Å². The molecule has 62 heavy (non-hydrogen) atoms. The Morgan fingerprint density at radius 3 is 1.48 bits per heavy atom. The van der Waals surface area contributed by atoms with Crippen molar-refractivity contribution < 1.29 is 51.4 Å². The first-order valence-corrected chi connectivity index (χ1v) is 21.3. The molecule has 4 aromatic rings. The largest absolute Gasteiger partial charge is 0.416 e. The second-order valence-corrected chi connectivity index (χ2v) is 15.9. The van der Waals surface area contributed by atoms with Crippen molar-refractivity contribution in [2.24, 2.45) is 10.3 Å². The maximum absolute atomic E-state index is 13.8. The van der Waals surface area contributed by atoms with E-state index in [1.807, 2.05) is 19.9 Å². The Kier molecular flexibility index (Phi) is 15.3.